The van der Waals surface area contributed by atoms with Gasteiger partial charge in [-0.15, -0.1) is 9.69 Å². The molecule has 2 unspecified atom stereocenters. The number of hydrogen-bond donors (Lipinski definition) is 2. The summed E-state index contributed by atoms with van der Waals surface area (Å²) in [5.41, 5.74) is 0.0291. The first-order valence-corrected chi connectivity index (χ1v) is 14.5. The lowest BCUT2D eigenvalue weighted by Crippen LogP contribution is -2.34. The van der Waals surface area contributed by atoms with Crippen molar-refractivity contribution in [1.29, 1.82) is 0 Å². The third-order valence-corrected chi connectivity index (χ3v) is 9.71. The van der Waals surface area contributed by atoms with Crippen molar-refractivity contribution in [3.05, 3.63) is 46.3 Å². The van der Waals surface area contributed by atoms with Gasteiger partial charge in [-0.3, -0.25) is 0 Å². The van der Waals surface area contributed by atoms with Crippen LogP contribution in [0.3, 0.4) is 0 Å². The van der Waals surface area contributed by atoms with E-state index >= 15 is 0 Å². The van der Waals surface area contributed by atoms with Crippen LogP contribution in [0.2, 0.25) is 0 Å². The Morgan fingerprint density at radius 3 is 2.29 bits per heavy atom. The van der Waals surface area contributed by atoms with E-state index < -0.39 is 31.2 Å². The Labute approximate surface area is 204 Å². The van der Waals surface area contributed by atoms with Gasteiger partial charge in [0.05, 0.1) is 10.6 Å². The summed E-state index contributed by atoms with van der Waals surface area (Å²) in [6.07, 6.45) is 0. The van der Waals surface area contributed by atoms with Crippen molar-refractivity contribution in [3.8, 4) is 0 Å². The van der Waals surface area contributed by atoms with Crippen LogP contribution in [-0.2, 0) is 40.2 Å². The number of anilines is 1. The largest absolute Gasteiger partial charge is 0.487 e. The van der Waals surface area contributed by atoms with Crippen LogP contribution in [0.15, 0.2) is 61.3 Å². The van der Waals surface area contributed by atoms with E-state index in [9.17, 15) is 16.8 Å². The third kappa shape index (κ3) is 4.47. The number of thioether (sulfide) groups is 1. The van der Waals surface area contributed by atoms with Gasteiger partial charge in [-0.1, -0.05) is 16.9 Å². The van der Waals surface area contributed by atoms with Gasteiger partial charge in [-0.25, -0.2) is 0 Å². The van der Waals surface area contributed by atoms with E-state index in [2.05, 4.69) is 18.8 Å². The second kappa shape index (κ2) is 9.54. The molecule has 2 heterocycles. The van der Waals surface area contributed by atoms with E-state index in [4.69, 9.17) is 11.8 Å². The molecular formula is C18H22N6O6S4+2. The summed E-state index contributed by atoms with van der Waals surface area (Å²) in [4.78, 5) is 2.63. The molecule has 182 valence electrons. The molecule has 0 spiro atoms. The predicted molar refractivity (Wildman–Crippen MR) is 127 cm³/mol. The van der Waals surface area contributed by atoms with Crippen LogP contribution < -0.4 is 26.6 Å². The van der Waals surface area contributed by atoms with Crippen LogP contribution in [0.1, 0.15) is 13.8 Å². The van der Waals surface area contributed by atoms with Crippen LogP contribution in [0, 0.1) is 4.51 Å². The van der Waals surface area contributed by atoms with Crippen LogP contribution >= 0.6 is 11.8 Å². The Hall–Kier alpha value is -2.05. The maximum absolute atomic E-state index is 11.9. The van der Waals surface area contributed by atoms with E-state index in [0.717, 1.165) is 20.5 Å². The molecule has 0 aromatic heterocycles. The highest BCUT2D eigenvalue weighted by Gasteiger charge is 2.39. The average Bonchev–Trinajstić information content (AvgIpc) is 3.38. The zero-order chi connectivity index (χ0) is 24.7. The summed E-state index contributed by atoms with van der Waals surface area (Å²) < 4.78 is 58.7. The fraction of sp³-hybridized carbons (Fsp3) is 0.333. The van der Waals surface area contributed by atoms with Crippen LogP contribution in [-0.4, -0.2) is 40.9 Å². The predicted octanol–water partition coefficient (Wildman–Crippen LogP) is 0.354. The lowest BCUT2D eigenvalue weighted by atomic mass is 10.3. The Balaban J connectivity index is 1.64. The first kappa shape index (κ1) is 25.1. The molecule has 16 heteroatoms. The summed E-state index contributed by atoms with van der Waals surface area (Å²) in [5.74, 6) is 9.79. The van der Waals surface area contributed by atoms with E-state index in [-0.39, 0.29) is 9.79 Å². The summed E-state index contributed by atoms with van der Waals surface area (Å²) in [7, 11) is -8.04. The van der Waals surface area contributed by atoms with Gasteiger partial charge >= 0.3 is 30.2 Å². The van der Waals surface area contributed by atoms with Gasteiger partial charge in [0, 0.05) is 23.6 Å². The minimum absolute atomic E-state index is 0.0407. The summed E-state index contributed by atoms with van der Waals surface area (Å²) >= 11 is 2.72. The highest BCUT2D eigenvalue weighted by atomic mass is 32.2. The van der Waals surface area contributed by atoms with Crippen molar-refractivity contribution >= 4 is 49.0 Å². The van der Waals surface area contributed by atoms with Gasteiger partial charge in [0.1, 0.15) is 11.4 Å². The highest BCUT2D eigenvalue weighted by molar-refractivity contribution is 8.00. The summed E-state index contributed by atoms with van der Waals surface area (Å²) in [5, 5.41) is 9.90. The molecule has 2 aliphatic rings. The fourth-order valence-electron chi connectivity index (χ4n) is 3.61. The molecule has 4 N–H and O–H groups in total. The van der Waals surface area contributed by atoms with Crippen molar-refractivity contribution in [3.63, 3.8) is 0 Å². The van der Waals surface area contributed by atoms with Crippen LogP contribution in [0.4, 0.5) is 5.69 Å². The molecule has 2 aromatic rings. The van der Waals surface area contributed by atoms with E-state index in [0.29, 0.717) is 13.1 Å². The Bertz CT molecular complexity index is 1500. The molecule has 0 amide bonds. The smallest absolute Gasteiger partial charge is 0.339 e. The van der Waals surface area contributed by atoms with Crippen molar-refractivity contribution in [2.24, 2.45) is 22.0 Å². The van der Waals surface area contributed by atoms with Gasteiger partial charge in [0.25, 0.3) is 16.7 Å². The molecular weight excluding hydrogens is 525 g/mol. The van der Waals surface area contributed by atoms with Crippen LogP contribution in [0.25, 0.3) is 0 Å². The molecule has 34 heavy (non-hydrogen) atoms. The maximum atomic E-state index is 11.9. The minimum Gasteiger partial charge on any atom is -0.339 e. The number of fused-ring (bicyclic) bond motifs is 2. The zero-order valence-electron chi connectivity index (χ0n) is 18.1. The quantitative estimate of drug-likeness (QED) is 0.155. The molecule has 2 atom stereocenters. The number of hydrogen-bond acceptors (Lipinski definition) is 12. The first-order chi connectivity index (χ1) is 16.1. The van der Waals surface area contributed by atoms with Gasteiger partial charge in [0.2, 0.25) is 0 Å². The van der Waals surface area contributed by atoms with Crippen molar-refractivity contribution < 1.29 is 25.4 Å². The molecule has 0 fully saturated rings. The molecule has 12 nitrogen and oxygen atoms in total. The standard InChI is InChI=1S/C18H22N6O6S4/c1-3-23-13-7-5-11(33(25,26)29-19)9-15(13)31-17(23)21-22-18-24(4-2)14-8-6-12(10-16(14)32-18)34(27,28)30-20/h5-10,17-18H,3-4,19-20H2,1-2H3/q+2. The topological polar surface area (TPSA) is 170 Å². The average molecular weight is 547 g/mol. The molecule has 0 bridgehead atoms. The molecule has 2 aromatic carbocycles. The second-order valence-corrected chi connectivity index (χ2v) is 12.4. The zero-order valence-corrected chi connectivity index (χ0v) is 21.3. The van der Waals surface area contributed by atoms with E-state index in [1.807, 2.05) is 23.3 Å². The van der Waals surface area contributed by atoms with E-state index in [1.165, 1.54) is 47.4 Å². The van der Waals surface area contributed by atoms with Crippen molar-refractivity contribution in [1.82, 2.24) is 4.58 Å². The van der Waals surface area contributed by atoms with Gasteiger partial charge in [-0.2, -0.15) is 37.2 Å². The van der Waals surface area contributed by atoms with Crippen molar-refractivity contribution in [2.75, 3.05) is 18.0 Å². The normalized spacial score (nSPS) is 20.0. The maximum Gasteiger partial charge on any atom is 0.487 e. The van der Waals surface area contributed by atoms with Crippen molar-refractivity contribution in [2.45, 2.75) is 39.5 Å². The Kier molecular flexibility index (Phi) is 7.03. The SMILES string of the molecule is CCN1c2ccc(S(=O)(=O)ON)cc2SC1N=NC1[S+]=c2cc(S(=O)(=O)ON)ccc2=[N+]1CC. The molecule has 0 radical (unpaired) electrons. The van der Waals surface area contributed by atoms with Gasteiger partial charge in [-0.05, 0) is 38.1 Å². The monoisotopic (exact) mass is 546 g/mol. The molecule has 0 aliphatic carbocycles. The summed E-state index contributed by atoms with van der Waals surface area (Å²) in [6.45, 7) is 5.18. The molecule has 0 saturated carbocycles. The Morgan fingerprint density at radius 2 is 1.68 bits per heavy atom. The van der Waals surface area contributed by atoms with E-state index in [1.54, 1.807) is 12.1 Å². The number of nitrogens with zero attached hydrogens (tertiary/aromatic N) is 4. The number of rotatable bonds is 8. The number of azo groups is 1. The van der Waals surface area contributed by atoms with Gasteiger partial charge in [0.15, 0.2) is 5.50 Å². The Morgan fingerprint density at radius 1 is 1.03 bits per heavy atom. The lowest BCUT2D eigenvalue weighted by molar-refractivity contribution is 0.332. The third-order valence-electron chi connectivity index (χ3n) is 5.26. The fourth-order valence-corrected chi connectivity index (χ4v) is 7.41. The summed E-state index contributed by atoms with van der Waals surface area (Å²) in [6, 6.07) is 9.24. The molecule has 4 rings (SSSR count). The second-order valence-electron chi connectivity index (χ2n) is 7.05. The number of benzene rings is 2. The number of nitrogens with two attached hydrogens (primary N) is 2. The minimum atomic E-state index is -4.02. The molecule has 0 saturated heterocycles. The molecule has 2 aliphatic heterocycles. The lowest BCUT2D eigenvalue weighted by Gasteiger charge is -2.20. The first-order valence-electron chi connectivity index (χ1n) is 9.96. The van der Waals surface area contributed by atoms with Crippen LogP contribution in [0.5, 0.6) is 0 Å². The van der Waals surface area contributed by atoms with Gasteiger partial charge < -0.3 is 4.90 Å². The highest BCUT2D eigenvalue weighted by Crippen LogP contribution is 2.45.